The highest BCUT2D eigenvalue weighted by atomic mass is 35.5. The summed E-state index contributed by atoms with van der Waals surface area (Å²) in [6.07, 6.45) is 2.22. The summed E-state index contributed by atoms with van der Waals surface area (Å²) < 4.78 is 0. The molecule has 0 aromatic heterocycles. The summed E-state index contributed by atoms with van der Waals surface area (Å²) in [5.41, 5.74) is 3.53. The Morgan fingerprint density at radius 3 is 2.82 bits per heavy atom. The van der Waals surface area contributed by atoms with Gasteiger partial charge < -0.3 is 4.90 Å². The standard InChI is InChI=1S/C13H19ClN2O/c1-9-6-10(2)13(12(14)7-9)16-5-3-4-11(8-16)17-15/h6-7,11H,3-5,8,15H2,1-2H3. The lowest BCUT2D eigenvalue weighted by atomic mass is 10.0. The number of hydrogen-bond acceptors (Lipinski definition) is 3. The van der Waals surface area contributed by atoms with Crippen molar-refractivity contribution >= 4 is 17.3 Å². The number of halogens is 1. The number of hydrogen-bond donors (Lipinski definition) is 1. The first-order valence-electron chi connectivity index (χ1n) is 5.99. The second-order valence-corrected chi connectivity index (χ2v) is 5.17. The molecule has 4 heteroatoms. The molecule has 1 unspecified atom stereocenters. The quantitative estimate of drug-likeness (QED) is 0.825. The van der Waals surface area contributed by atoms with E-state index >= 15 is 0 Å². The molecule has 1 aliphatic rings. The van der Waals surface area contributed by atoms with Gasteiger partial charge in [-0.25, -0.2) is 5.90 Å². The Balaban J connectivity index is 2.27. The molecule has 94 valence electrons. The van der Waals surface area contributed by atoms with Gasteiger partial charge in [0, 0.05) is 13.1 Å². The third-order valence-electron chi connectivity index (χ3n) is 3.29. The van der Waals surface area contributed by atoms with Crippen LogP contribution in [0.25, 0.3) is 0 Å². The molecule has 2 N–H and O–H groups in total. The van der Waals surface area contributed by atoms with E-state index in [0.29, 0.717) is 0 Å². The third kappa shape index (κ3) is 2.73. The predicted octanol–water partition coefficient (Wildman–Crippen LogP) is 2.82. The molecule has 2 rings (SSSR count). The largest absolute Gasteiger partial charge is 0.367 e. The van der Waals surface area contributed by atoms with Gasteiger partial charge in [0.2, 0.25) is 0 Å². The molecule has 0 amide bonds. The summed E-state index contributed by atoms with van der Waals surface area (Å²) in [4.78, 5) is 7.24. The maximum absolute atomic E-state index is 6.35. The van der Waals surface area contributed by atoms with Crippen molar-refractivity contribution in [2.45, 2.75) is 32.8 Å². The van der Waals surface area contributed by atoms with Crippen molar-refractivity contribution in [1.82, 2.24) is 0 Å². The Labute approximate surface area is 107 Å². The van der Waals surface area contributed by atoms with Gasteiger partial charge >= 0.3 is 0 Å². The molecule has 1 fully saturated rings. The van der Waals surface area contributed by atoms with Crippen LogP contribution in [-0.2, 0) is 4.84 Å². The molecule has 1 aliphatic heterocycles. The summed E-state index contributed by atoms with van der Waals surface area (Å²) in [6, 6.07) is 4.17. The van der Waals surface area contributed by atoms with Crippen molar-refractivity contribution in [2.75, 3.05) is 18.0 Å². The zero-order valence-corrected chi connectivity index (χ0v) is 11.1. The number of aryl methyl sites for hydroxylation is 2. The maximum atomic E-state index is 6.35. The Hall–Kier alpha value is -0.770. The van der Waals surface area contributed by atoms with Gasteiger partial charge in [0.1, 0.15) is 0 Å². The van der Waals surface area contributed by atoms with Crippen molar-refractivity contribution in [3.8, 4) is 0 Å². The zero-order valence-electron chi connectivity index (χ0n) is 10.4. The fourth-order valence-corrected chi connectivity index (χ4v) is 3.00. The molecule has 17 heavy (non-hydrogen) atoms. The summed E-state index contributed by atoms with van der Waals surface area (Å²) in [6.45, 7) is 6.00. The third-order valence-corrected chi connectivity index (χ3v) is 3.57. The van der Waals surface area contributed by atoms with E-state index in [1.807, 2.05) is 6.07 Å². The normalized spacial score (nSPS) is 20.7. The van der Waals surface area contributed by atoms with Gasteiger partial charge in [-0.05, 0) is 43.9 Å². The first-order valence-corrected chi connectivity index (χ1v) is 6.37. The minimum atomic E-state index is 0.112. The van der Waals surface area contributed by atoms with E-state index in [-0.39, 0.29) is 6.10 Å². The molecule has 0 radical (unpaired) electrons. The number of nitrogens with two attached hydrogens (primary N) is 1. The smallest absolute Gasteiger partial charge is 0.0962 e. The second-order valence-electron chi connectivity index (χ2n) is 4.76. The van der Waals surface area contributed by atoms with Gasteiger partial charge in [-0.2, -0.15) is 0 Å². The SMILES string of the molecule is Cc1cc(C)c(N2CCCC(ON)C2)c(Cl)c1. The van der Waals surface area contributed by atoms with Crippen LogP contribution in [0.15, 0.2) is 12.1 Å². The molecule has 1 atom stereocenters. The Morgan fingerprint density at radius 1 is 1.41 bits per heavy atom. The Bertz CT molecular complexity index is 385. The average molecular weight is 255 g/mol. The topological polar surface area (TPSA) is 38.5 Å². The lowest BCUT2D eigenvalue weighted by Crippen LogP contribution is -2.41. The molecule has 0 aliphatic carbocycles. The predicted molar refractivity (Wildman–Crippen MR) is 71.4 cm³/mol. The van der Waals surface area contributed by atoms with Crippen LogP contribution in [0, 0.1) is 13.8 Å². The van der Waals surface area contributed by atoms with E-state index in [0.717, 1.165) is 36.6 Å². The molecule has 1 saturated heterocycles. The van der Waals surface area contributed by atoms with Crippen molar-refractivity contribution in [1.29, 1.82) is 0 Å². The van der Waals surface area contributed by atoms with E-state index < -0.39 is 0 Å². The van der Waals surface area contributed by atoms with E-state index in [1.54, 1.807) is 0 Å². The lowest BCUT2D eigenvalue weighted by Gasteiger charge is -2.34. The lowest BCUT2D eigenvalue weighted by molar-refractivity contribution is 0.0434. The van der Waals surface area contributed by atoms with Gasteiger partial charge in [0.15, 0.2) is 0 Å². The van der Waals surface area contributed by atoms with Crippen molar-refractivity contribution < 1.29 is 4.84 Å². The van der Waals surface area contributed by atoms with E-state index in [4.69, 9.17) is 22.3 Å². The highest BCUT2D eigenvalue weighted by Crippen LogP contribution is 2.33. The molecule has 0 bridgehead atoms. The Kier molecular flexibility index (Phi) is 3.92. The highest BCUT2D eigenvalue weighted by Gasteiger charge is 2.22. The summed E-state index contributed by atoms with van der Waals surface area (Å²) in [5, 5.41) is 0.820. The summed E-state index contributed by atoms with van der Waals surface area (Å²) >= 11 is 6.35. The fraction of sp³-hybridized carbons (Fsp3) is 0.538. The molecule has 1 heterocycles. The van der Waals surface area contributed by atoms with E-state index in [9.17, 15) is 0 Å². The first-order chi connectivity index (χ1) is 8.11. The second kappa shape index (κ2) is 5.25. The first kappa shape index (κ1) is 12.7. The number of benzene rings is 1. The van der Waals surface area contributed by atoms with Crippen molar-refractivity contribution in [3.05, 3.63) is 28.3 Å². The van der Waals surface area contributed by atoms with Crippen LogP contribution < -0.4 is 10.8 Å². The minimum absolute atomic E-state index is 0.112. The van der Waals surface area contributed by atoms with Crippen LogP contribution in [0.5, 0.6) is 0 Å². The van der Waals surface area contributed by atoms with Crippen LogP contribution in [-0.4, -0.2) is 19.2 Å². The number of anilines is 1. The molecule has 0 spiro atoms. The monoisotopic (exact) mass is 254 g/mol. The van der Waals surface area contributed by atoms with Gasteiger partial charge in [0.25, 0.3) is 0 Å². The summed E-state index contributed by atoms with van der Waals surface area (Å²) in [5.74, 6) is 5.28. The van der Waals surface area contributed by atoms with Gasteiger partial charge in [-0.1, -0.05) is 17.7 Å². The van der Waals surface area contributed by atoms with Crippen LogP contribution in [0.4, 0.5) is 5.69 Å². The molecule has 1 aromatic carbocycles. The van der Waals surface area contributed by atoms with Crippen molar-refractivity contribution in [3.63, 3.8) is 0 Å². The number of rotatable bonds is 2. The molecule has 0 saturated carbocycles. The zero-order chi connectivity index (χ0) is 12.4. The van der Waals surface area contributed by atoms with E-state index in [2.05, 4.69) is 24.8 Å². The van der Waals surface area contributed by atoms with Gasteiger partial charge in [-0.15, -0.1) is 0 Å². The Morgan fingerprint density at radius 2 is 2.18 bits per heavy atom. The molecular formula is C13H19ClN2O. The fourth-order valence-electron chi connectivity index (χ4n) is 2.56. The van der Waals surface area contributed by atoms with Crippen LogP contribution >= 0.6 is 11.6 Å². The average Bonchev–Trinajstić information content (AvgIpc) is 2.28. The van der Waals surface area contributed by atoms with E-state index in [1.165, 1.54) is 11.1 Å². The highest BCUT2D eigenvalue weighted by molar-refractivity contribution is 6.33. The van der Waals surface area contributed by atoms with Crippen molar-refractivity contribution in [2.24, 2.45) is 5.90 Å². The van der Waals surface area contributed by atoms with Crippen LogP contribution in [0.1, 0.15) is 24.0 Å². The van der Waals surface area contributed by atoms with Gasteiger partial charge in [-0.3, -0.25) is 4.84 Å². The van der Waals surface area contributed by atoms with Crippen LogP contribution in [0.2, 0.25) is 5.02 Å². The molecule has 3 nitrogen and oxygen atoms in total. The molecule has 1 aromatic rings. The maximum Gasteiger partial charge on any atom is 0.0962 e. The number of piperidine rings is 1. The minimum Gasteiger partial charge on any atom is -0.367 e. The van der Waals surface area contributed by atoms with Crippen LogP contribution in [0.3, 0.4) is 0 Å². The summed E-state index contributed by atoms with van der Waals surface area (Å²) in [7, 11) is 0. The molecular weight excluding hydrogens is 236 g/mol. The number of nitrogens with zero attached hydrogens (tertiary/aromatic N) is 1. The van der Waals surface area contributed by atoms with Gasteiger partial charge in [0.05, 0.1) is 16.8 Å².